The minimum atomic E-state index is -0.287. The van der Waals surface area contributed by atoms with Gasteiger partial charge in [-0.1, -0.05) is 17.3 Å². The summed E-state index contributed by atoms with van der Waals surface area (Å²) in [6.45, 7) is 0.238. The molecule has 1 aromatic carbocycles. The van der Waals surface area contributed by atoms with Crippen LogP contribution in [0, 0.1) is 0 Å². The van der Waals surface area contributed by atoms with Crippen molar-refractivity contribution < 1.29 is 9.53 Å². The van der Waals surface area contributed by atoms with Crippen molar-refractivity contribution in [3.8, 4) is 22.7 Å². The molecule has 4 aromatic rings. The maximum Gasteiger partial charge on any atom is 0.269 e. The minimum absolute atomic E-state index is 0.238. The first-order chi connectivity index (χ1) is 13.7. The third-order valence-electron chi connectivity index (χ3n) is 4.09. The van der Waals surface area contributed by atoms with E-state index >= 15 is 0 Å². The fraction of sp³-hybridized carbons (Fsp3) is 0.105. The second-order valence-corrected chi connectivity index (χ2v) is 5.92. The first-order valence-corrected chi connectivity index (χ1v) is 8.53. The Hall–Kier alpha value is -4.01. The lowest BCUT2D eigenvalue weighted by Crippen LogP contribution is -2.23. The van der Waals surface area contributed by atoms with Crippen molar-refractivity contribution >= 4 is 5.91 Å². The van der Waals surface area contributed by atoms with Gasteiger partial charge in [-0.15, -0.1) is 5.10 Å². The van der Waals surface area contributed by atoms with Gasteiger partial charge in [0.25, 0.3) is 5.91 Å². The number of aromatic nitrogens is 6. The average Bonchev–Trinajstić information content (AvgIpc) is 3.43. The predicted octanol–water partition coefficient (Wildman–Crippen LogP) is 1.99. The van der Waals surface area contributed by atoms with Crippen LogP contribution < -0.4 is 10.1 Å². The number of para-hydroxylation sites is 1. The van der Waals surface area contributed by atoms with Gasteiger partial charge in [0.05, 0.1) is 37.4 Å². The Labute approximate surface area is 160 Å². The van der Waals surface area contributed by atoms with Crippen LogP contribution in [0.2, 0.25) is 0 Å². The van der Waals surface area contributed by atoms with Gasteiger partial charge < -0.3 is 10.1 Å². The number of benzene rings is 1. The van der Waals surface area contributed by atoms with Crippen molar-refractivity contribution in [3.05, 3.63) is 72.4 Å². The summed E-state index contributed by atoms with van der Waals surface area (Å²) in [7, 11) is 1.60. The average molecular weight is 375 g/mol. The van der Waals surface area contributed by atoms with Gasteiger partial charge in [-0.2, -0.15) is 5.10 Å². The van der Waals surface area contributed by atoms with Crippen molar-refractivity contribution in [1.29, 1.82) is 0 Å². The fourth-order valence-electron chi connectivity index (χ4n) is 2.69. The molecule has 9 nitrogen and oxygen atoms in total. The van der Waals surface area contributed by atoms with E-state index in [4.69, 9.17) is 4.74 Å². The van der Waals surface area contributed by atoms with E-state index in [0.29, 0.717) is 22.8 Å². The molecule has 0 radical (unpaired) electrons. The summed E-state index contributed by atoms with van der Waals surface area (Å²) in [5, 5.41) is 17.9. The number of ether oxygens (including phenoxy) is 1. The van der Waals surface area contributed by atoms with E-state index in [-0.39, 0.29) is 12.5 Å². The van der Waals surface area contributed by atoms with Crippen LogP contribution in [-0.2, 0) is 6.54 Å². The Morgan fingerprint density at radius 2 is 2.14 bits per heavy atom. The summed E-state index contributed by atoms with van der Waals surface area (Å²) in [5.41, 5.74) is 3.20. The standard InChI is InChI=1S/C19H17N7O2/c1-28-18-7-3-2-6-15(18)16-9-17(24-23-16)19(27)21-10-13-12-26(25-22-13)14-5-4-8-20-11-14/h2-9,11-12H,10H2,1H3,(H,21,27)(H,23,24). The van der Waals surface area contributed by atoms with Crippen LogP contribution in [-0.4, -0.2) is 43.2 Å². The number of pyridine rings is 1. The molecule has 3 heterocycles. The zero-order chi connectivity index (χ0) is 19.3. The molecular weight excluding hydrogens is 358 g/mol. The largest absolute Gasteiger partial charge is 0.496 e. The summed E-state index contributed by atoms with van der Waals surface area (Å²) in [4.78, 5) is 16.5. The second kappa shape index (κ2) is 7.70. The zero-order valence-electron chi connectivity index (χ0n) is 15.0. The summed E-state index contributed by atoms with van der Waals surface area (Å²) in [6.07, 6.45) is 5.11. The van der Waals surface area contributed by atoms with Gasteiger partial charge in [-0.05, 0) is 30.3 Å². The van der Waals surface area contributed by atoms with Crippen molar-refractivity contribution in [3.63, 3.8) is 0 Å². The Kier molecular flexibility index (Phi) is 4.79. The predicted molar refractivity (Wildman–Crippen MR) is 101 cm³/mol. The number of aromatic amines is 1. The van der Waals surface area contributed by atoms with Crippen molar-refractivity contribution in [1.82, 2.24) is 35.5 Å². The molecule has 0 aliphatic rings. The first kappa shape index (κ1) is 17.4. The van der Waals surface area contributed by atoms with Crippen molar-refractivity contribution in [2.45, 2.75) is 6.54 Å². The third-order valence-corrected chi connectivity index (χ3v) is 4.09. The fourth-order valence-corrected chi connectivity index (χ4v) is 2.69. The maximum atomic E-state index is 12.4. The lowest BCUT2D eigenvalue weighted by atomic mass is 10.1. The molecule has 0 bridgehead atoms. The Morgan fingerprint density at radius 1 is 1.25 bits per heavy atom. The number of carbonyl (C=O) groups is 1. The Bertz CT molecular complexity index is 1090. The number of nitrogens with one attached hydrogen (secondary N) is 2. The van der Waals surface area contributed by atoms with Crippen LogP contribution >= 0.6 is 0 Å². The number of H-pyrrole nitrogens is 1. The van der Waals surface area contributed by atoms with Gasteiger partial charge in [-0.3, -0.25) is 14.9 Å². The monoisotopic (exact) mass is 375 g/mol. The summed E-state index contributed by atoms with van der Waals surface area (Å²) in [6, 6.07) is 12.9. The topological polar surface area (TPSA) is 111 Å². The number of amides is 1. The van der Waals surface area contributed by atoms with E-state index in [9.17, 15) is 4.79 Å². The van der Waals surface area contributed by atoms with Gasteiger partial charge in [0, 0.05) is 11.8 Å². The van der Waals surface area contributed by atoms with Crippen molar-refractivity contribution in [2.24, 2.45) is 0 Å². The Balaban J connectivity index is 1.43. The van der Waals surface area contributed by atoms with Crippen LogP contribution in [0.3, 0.4) is 0 Å². The smallest absolute Gasteiger partial charge is 0.269 e. The van der Waals surface area contributed by atoms with E-state index in [1.54, 1.807) is 36.4 Å². The second-order valence-electron chi connectivity index (χ2n) is 5.92. The number of methoxy groups -OCH3 is 1. The van der Waals surface area contributed by atoms with E-state index in [0.717, 1.165) is 11.3 Å². The number of nitrogens with zero attached hydrogens (tertiary/aromatic N) is 5. The van der Waals surface area contributed by atoms with Gasteiger partial charge in [0.1, 0.15) is 17.1 Å². The highest BCUT2D eigenvalue weighted by atomic mass is 16.5. The van der Waals surface area contributed by atoms with Gasteiger partial charge in [0.2, 0.25) is 0 Å². The SMILES string of the molecule is COc1ccccc1-c1cc(C(=O)NCc2cn(-c3cccnc3)nn2)[nH]n1. The summed E-state index contributed by atoms with van der Waals surface area (Å²) >= 11 is 0. The first-order valence-electron chi connectivity index (χ1n) is 8.53. The third kappa shape index (κ3) is 3.58. The number of hydrogen-bond donors (Lipinski definition) is 2. The maximum absolute atomic E-state index is 12.4. The van der Waals surface area contributed by atoms with Crippen LogP contribution in [0.25, 0.3) is 16.9 Å². The number of carbonyl (C=O) groups excluding carboxylic acids is 1. The van der Waals surface area contributed by atoms with Crippen molar-refractivity contribution in [2.75, 3.05) is 7.11 Å². The molecule has 9 heteroatoms. The molecule has 3 aromatic heterocycles. The molecule has 1 amide bonds. The molecule has 0 atom stereocenters. The number of rotatable bonds is 6. The summed E-state index contributed by atoms with van der Waals surface area (Å²) in [5.74, 6) is 0.401. The van der Waals surface area contributed by atoms with E-state index in [1.165, 1.54) is 0 Å². The molecule has 2 N–H and O–H groups in total. The van der Waals surface area contributed by atoms with Crippen LogP contribution in [0.1, 0.15) is 16.2 Å². The minimum Gasteiger partial charge on any atom is -0.496 e. The molecule has 28 heavy (non-hydrogen) atoms. The number of hydrogen-bond acceptors (Lipinski definition) is 6. The zero-order valence-corrected chi connectivity index (χ0v) is 15.0. The highest BCUT2D eigenvalue weighted by molar-refractivity contribution is 5.93. The molecule has 0 aliphatic carbocycles. The molecule has 0 spiro atoms. The quantitative estimate of drug-likeness (QED) is 0.533. The van der Waals surface area contributed by atoms with E-state index < -0.39 is 0 Å². The molecular formula is C19H17N7O2. The van der Waals surface area contributed by atoms with Gasteiger partial charge >= 0.3 is 0 Å². The molecule has 0 fully saturated rings. The lowest BCUT2D eigenvalue weighted by molar-refractivity contribution is 0.0945. The van der Waals surface area contributed by atoms with E-state index in [1.807, 2.05) is 36.4 Å². The summed E-state index contributed by atoms with van der Waals surface area (Å²) < 4.78 is 6.94. The molecule has 0 unspecified atom stereocenters. The van der Waals surface area contributed by atoms with Crippen LogP contribution in [0.15, 0.2) is 61.1 Å². The highest BCUT2D eigenvalue weighted by Crippen LogP contribution is 2.28. The molecule has 0 aliphatic heterocycles. The molecule has 140 valence electrons. The van der Waals surface area contributed by atoms with Crippen LogP contribution in [0.4, 0.5) is 0 Å². The Morgan fingerprint density at radius 3 is 2.96 bits per heavy atom. The molecule has 0 saturated carbocycles. The molecule has 0 saturated heterocycles. The lowest BCUT2D eigenvalue weighted by Gasteiger charge is -2.04. The van der Waals surface area contributed by atoms with Gasteiger partial charge in [-0.25, -0.2) is 4.68 Å². The highest BCUT2D eigenvalue weighted by Gasteiger charge is 2.14. The van der Waals surface area contributed by atoms with E-state index in [2.05, 4.69) is 30.8 Å². The normalized spacial score (nSPS) is 10.6. The van der Waals surface area contributed by atoms with Gasteiger partial charge in [0.15, 0.2) is 0 Å². The molecule has 4 rings (SSSR count). The van der Waals surface area contributed by atoms with Crippen LogP contribution in [0.5, 0.6) is 5.75 Å².